The molecule has 0 unspecified atom stereocenters. The first-order chi connectivity index (χ1) is 18.1. The molecule has 0 atom stereocenters. The molecule has 0 aromatic rings. The van der Waals surface area contributed by atoms with Crippen LogP contribution < -0.4 is 0 Å². The Morgan fingerprint density at radius 1 is 0.405 bits per heavy atom. The van der Waals surface area contributed by atoms with Gasteiger partial charge < -0.3 is 0 Å². The Kier molecular flexibility index (Phi) is 10.5. The van der Waals surface area contributed by atoms with Gasteiger partial charge >= 0.3 is 0 Å². The Balaban J connectivity index is 0.950. The van der Waals surface area contributed by atoms with E-state index in [-0.39, 0.29) is 0 Å². The van der Waals surface area contributed by atoms with Gasteiger partial charge in [-0.15, -0.1) is 0 Å². The molecular weight excluding hydrogens is 444 g/mol. The summed E-state index contributed by atoms with van der Waals surface area (Å²) in [5.74, 6) is 6.60. The smallest absolute Gasteiger partial charge is 0.0287 e. The molecule has 0 N–H and O–H groups in total. The van der Waals surface area contributed by atoms with Crippen LogP contribution in [0, 0.1) is 46.3 Å². The van der Waals surface area contributed by atoms with Gasteiger partial charge in [-0.25, -0.2) is 0 Å². The maximum Gasteiger partial charge on any atom is -0.0287 e. The molecule has 5 aliphatic carbocycles. The Labute approximate surface area is 233 Å². The second-order valence-electron chi connectivity index (χ2n) is 15.9. The molecule has 214 valence electrons. The van der Waals surface area contributed by atoms with Crippen LogP contribution in [0.5, 0.6) is 0 Å². The molecule has 5 aliphatic rings. The Morgan fingerprint density at radius 3 is 1.27 bits per heavy atom. The SMILES string of the molecule is CCCCCCCC[C@H]1CC[C@H](C2CCC3(CC2)CC2(CCC([C@H]4CC[C@H](CCC)CC4)CC2)C3)CC1. The quantitative estimate of drug-likeness (QED) is 0.242. The van der Waals surface area contributed by atoms with Crippen molar-refractivity contribution in [3.63, 3.8) is 0 Å². The van der Waals surface area contributed by atoms with Gasteiger partial charge in [0.25, 0.3) is 0 Å². The summed E-state index contributed by atoms with van der Waals surface area (Å²) < 4.78 is 0. The average molecular weight is 511 g/mol. The fraction of sp³-hybridized carbons (Fsp3) is 1.00. The normalized spacial score (nSPS) is 42.6. The van der Waals surface area contributed by atoms with Crippen LogP contribution in [0.1, 0.15) is 187 Å². The van der Waals surface area contributed by atoms with E-state index in [0.717, 1.165) is 46.3 Å². The zero-order chi connectivity index (χ0) is 25.6. The molecule has 0 heterocycles. The van der Waals surface area contributed by atoms with Crippen LogP contribution in [0.3, 0.4) is 0 Å². The lowest BCUT2D eigenvalue weighted by molar-refractivity contribution is -0.109. The third-order valence-corrected chi connectivity index (χ3v) is 13.5. The molecule has 0 heteroatoms. The number of hydrogen-bond donors (Lipinski definition) is 0. The minimum atomic E-state index is 0.816. The third-order valence-electron chi connectivity index (χ3n) is 13.5. The van der Waals surface area contributed by atoms with Crippen molar-refractivity contribution in [2.75, 3.05) is 0 Å². The molecule has 0 amide bonds. The van der Waals surface area contributed by atoms with E-state index in [4.69, 9.17) is 0 Å². The fourth-order valence-electron chi connectivity index (χ4n) is 11.2. The highest BCUT2D eigenvalue weighted by atomic mass is 14.6. The van der Waals surface area contributed by atoms with Crippen LogP contribution in [0.25, 0.3) is 0 Å². The van der Waals surface area contributed by atoms with E-state index in [0.29, 0.717) is 0 Å². The lowest BCUT2D eigenvalue weighted by atomic mass is 9.43. The number of hydrogen-bond acceptors (Lipinski definition) is 0. The molecule has 0 aromatic carbocycles. The van der Waals surface area contributed by atoms with Crippen molar-refractivity contribution in [2.24, 2.45) is 46.3 Å². The molecule has 0 bridgehead atoms. The standard InChI is InChI=1S/C37H66/c1-3-5-6-7-8-9-11-31-14-18-33(19-15-31)35-22-26-37(27-23-35)28-36(29-37)24-20-34(21-25-36)32-16-12-30(10-4-2)13-17-32/h30-35H,3-29H2,1-2H3/t30-,31-,32-,33-,34?,35?,36?,37?. The molecule has 5 rings (SSSR count). The lowest BCUT2D eigenvalue weighted by Crippen LogP contribution is -2.50. The van der Waals surface area contributed by atoms with Gasteiger partial charge in [0.05, 0.1) is 0 Å². The van der Waals surface area contributed by atoms with Crippen molar-refractivity contribution in [2.45, 2.75) is 187 Å². The highest BCUT2D eigenvalue weighted by Crippen LogP contribution is 2.67. The summed E-state index contributed by atoms with van der Waals surface area (Å²) in [6.07, 6.45) is 42.1. The maximum absolute atomic E-state index is 2.38. The molecular formula is C37H66. The van der Waals surface area contributed by atoms with Crippen molar-refractivity contribution in [1.29, 1.82) is 0 Å². The van der Waals surface area contributed by atoms with Crippen LogP contribution in [-0.2, 0) is 0 Å². The first-order valence-electron chi connectivity index (χ1n) is 18.1. The van der Waals surface area contributed by atoms with Crippen molar-refractivity contribution < 1.29 is 0 Å². The summed E-state index contributed by atoms with van der Waals surface area (Å²) in [6.45, 7) is 4.71. The Bertz CT molecular complexity index is 619. The van der Waals surface area contributed by atoms with E-state index in [1.807, 2.05) is 0 Å². The average Bonchev–Trinajstić information content (AvgIpc) is 2.92. The summed E-state index contributed by atoms with van der Waals surface area (Å²) >= 11 is 0. The van der Waals surface area contributed by atoms with Crippen molar-refractivity contribution >= 4 is 0 Å². The molecule has 0 aromatic heterocycles. The van der Waals surface area contributed by atoms with Gasteiger partial charge in [-0.05, 0) is 136 Å². The highest BCUT2D eigenvalue weighted by Gasteiger charge is 2.56. The van der Waals surface area contributed by atoms with E-state index in [9.17, 15) is 0 Å². The summed E-state index contributed by atoms with van der Waals surface area (Å²) in [6, 6.07) is 0. The Hall–Kier alpha value is 0. The first-order valence-corrected chi connectivity index (χ1v) is 18.1. The minimum Gasteiger partial charge on any atom is -0.0654 e. The predicted octanol–water partition coefficient (Wildman–Crippen LogP) is 12.3. The van der Waals surface area contributed by atoms with Crippen LogP contribution in [-0.4, -0.2) is 0 Å². The first kappa shape index (κ1) is 28.5. The second-order valence-corrected chi connectivity index (χ2v) is 15.9. The van der Waals surface area contributed by atoms with E-state index < -0.39 is 0 Å². The van der Waals surface area contributed by atoms with Crippen LogP contribution in [0.15, 0.2) is 0 Å². The largest absolute Gasteiger partial charge is 0.0654 e. The zero-order valence-electron chi connectivity index (χ0n) is 25.6. The highest BCUT2D eigenvalue weighted by molar-refractivity contribution is 5.07. The molecule has 37 heavy (non-hydrogen) atoms. The summed E-state index contributed by atoms with van der Waals surface area (Å²) in [4.78, 5) is 0. The third kappa shape index (κ3) is 7.40. The van der Waals surface area contributed by atoms with Gasteiger partial charge in [-0.2, -0.15) is 0 Å². The maximum atomic E-state index is 2.38. The predicted molar refractivity (Wildman–Crippen MR) is 162 cm³/mol. The summed E-state index contributed by atoms with van der Waals surface area (Å²) in [5, 5.41) is 0. The molecule has 5 fully saturated rings. The van der Waals surface area contributed by atoms with E-state index >= 15 is 0 Å². The molecule has 5 saturated carbocycles. The number of rotatable bonds is 11. The molecule has 0 nitrogen and oxygen atoms in total. The molecule has 2 spiro atoms. The van der Waals surface area contributed by atoms with Crippen molar-refractivity contribution in [3.05, 3.63) is 0 Å². The van der Waals surface area contributed by atoms with Gasteiger partial charge in [0.2, 0.25) is 0 Å². The van der Waals surface area contributed by atoms with Crippen LogP contribution >= 0.6 is 0 Å². The summed E-state index contributed by atoms with van der Waals surface area (Å²) in [7, 11) is 0. The topological polar surface area (TPSA) is 0 Å². The van der Waals surface area contributed by atoms with E-state index in [1.54, 1.807) is 122 Å². The molecule has 0 radical (unpaired) electrons. The van der Waals surface area contributed by atoms with Gasteiger partial charge in [0, 0.05) is 0 Å². The monoisotopic (exact) mass is 511 g/mol. The number of unbranched alkanes of at least 4 members (excludes halogenated alkanes) is 5. The minimum absolute atomic E-state index is 0.816. The van der Waals surface area contributed by atoms with Crippen molar-refractivity contribution in [1.82, 2.24) is 0 Å². The lowest BCUT2D eigenvalue weighted by Gasteiger charge is -2.62. The van der Waals surface area contributed by atoms with Gasteiger partial charge in [-0.3, -0.25) is 0 Å². The zero-order valence-corrected chi connectivity index (χ0v) is 25.6. The van der Waals surface area contributed by atoms with Gasteiger partial charge in [0.15, 0.2) is 0 Å². The summed E-state index contributed by atoms with van der Waals surface area (Å²) in [5.41, 5.74) is 1.63. The molecule has 0 aliphatic heterocycles. The van der Waals surface area contributed by atoms with E-state index in [1.165, 1.54) is 51.4 Å². The van der Waals surface area contributed by atoms with Crippen LogP contribution in [0.4, 0.5) is 0 Å². The van der Waals surface area contributed by atoms with Gasteiger partial charge in [0.1, 0.15) is 0 Å². The van der Waals surface area contributed by atoms with Crippen LogP contribution in [0.2, 0.25) is 0 Å². The van der Waals surface area contributed by atoms with Crippen molar-refractivity contribution in [3.8, 4) is 0 Å². The second kappa shape index (κ2) is 13.6. The van der Waals surface area contributed by atoms with E-state index in [2.05, 4.69) is 13.8 Å². The fourth-order valence-corrected chi connectivity index (χ4v) is 11.2. The van der Waals surface area contributed by atoms with Gasteiger partial charge in [-0.1, -0.05) is 97.3 Å². The molecule has 0 saturated heterocycles. The Morgan fingerprint density at radius 2 is 0.811 bits per heavy atom.